The van der Waals surface area contributed by atoms with Crippen LogP contribution in [0.3, 0.4) is 0 Å². The second-order valence-corrected chi connectivity index (χ2v) is 8.02. The third-order valence-electron chi connectivity index (χ3n) is 5.33. The number of carbonyl (C=O) groups excluding carboxylic acids is 2. The Morgan fingerprint density at radius 1 is 1.09 bits per heavy atom. The number of nitrogens with one attached hydrogen (secondary N) is 1. The van der Waals surface area contributed by atoms with Gasteiger partial charge >= 0.3 is 11.7 Å². The average molecular weight is 477 g/mol. The molecule has 0 saturated heterocycles. The van der Waals surface area contributed by atoms with Crippen molar-refractivity contribution < 1.29 is 23.1 Å². The Morgan fingerprint density at radius 3 is 2.54 bits per heavy atom. The molecular formula is C24H20FN5O5. The lowest BCUT2D eigenvalue weighted by molar-refractivity contribution is -0.148. The van der Waals surface area contributed by atoms with Crippen LogP contribution in [0, 0.1) is 5.82 Å². The van der Waals surface area contributed by atoms with Gasteiger partial charge in [0.25, 0.3) is 5.91 Å². The first-order chi connectivity index (χ1) is 17.0. The Morgan fingerprint density at radius 2 is 1.83 bits per heavy atom. The monoisotopic (exact) mass is 477 g/mol. The van der Waals surface area contributed by atoms with Gasteiger partial charge in [0, 0.05) is 17.5 Å². The van der Waals surface area contributed by atoms with Gasteiger partial charge in [-0.1, -0.05) is 18.2 Å². The first-order valence-electron chi connectivity index (χ1n) is 10.9. The molecule has 2 aromatic carbocycles. The molecule has 0 bridgehead atoms. The number of halogens is 1. The van der Waals surface area contributed by atoms with Crippen LogP contribution in [0.15, 0.2) is 69.9 Å². The van der Waals surface area contributed by atoms with Gasteiger partial charge in [0.1, 0.15) is 18.2 Å². The van der Waals surface area contributed by atoms with Gasteiger partial charge in [-0.3, -0.25) is 9.59 Å². The zero-order valence-corrected chi connectivity index (χ0v) is 18.4. The fourth-order valence-corrected chi connectivity index (χ4v) is 3.44. The summed E-state index contributed by atoms with van der Waals surface area (Å²) in [5.41, 5.74) is 2.05. The van der Waals surface area contributed by atoms with E-state index in [1.807, 2.05) is 36.4 Å². The van der Waals surface area contributed by atoms with Crippen molar-refractivity contribution in [1.82, 2.24) is 19.6 Å². The Kier molecular flexibility index (Phi) is 5.96. The molecule has 0 atom stereocenters. The van der Waals surface area contributed by atoms with Crippen LogP contribution in [-0.4, -0.2) is 38.0 Å². The number of anilines is 1. The number of ether oxygens (including phenoxy) is 1. The Balaban J connectivity index is 1.20. The van der Waals surface area contributed by atoms with E-state index in [0.717, 1.165) is 28.9 Å². The van der Waals surface area contributed by atoms with Crippen LogP contribution < -0.4 is 11.1 Å². The molecule has 0 aliphatic heterocycles. The van der Waals surface area contributed by atoms with Crippen molar-refractivity contribution in [2.75, 3.05) is 11.9 Å². The Hall–Kier alpha value is -4.54. The number of hydrogen-bond acceptors (Lipinski definition) is 7. The summed E-state index contributed by atoms with van der Waals surface area (Å²) >= 11 is 0. The van der Waals surface area contributed by atoms with E-state index in [2.05, 4.69) is 15.5 Å². The number of hydrogen-bond donors (Lipinski definition) is 1. The largest absolute Gasteiger partial charge is 0.454 e. The highest BCUT2D eigenvalue weighted by Gasteiger charge is 2.28. The lowest BCUT2D eigenvalue weighted by Crippen LogP contribution is -2.27. The van der Waals surface area contributed by atoms with Gasteiger partial charge in [0.15, 0.2) is 6.61 Å². The third kappa shape index (κ3) is 5.18. The van der Waals surface area contributed by atoms with Gasteiger partial charge < -0.3 is 14.5 Å². The maximum atomic E-state index is 13.1. The summed E-state index contributed by atoms with van der Waals surface area (Å²) in [4.78, 5) is 36.7. The molecule has 11 heteroatoms. The normalized spacial score (nSPS) is 12.9. The Labute approximate surface area is 197 Å². The van der Waals surface area contributed by atoms with Gasteiger partial charge in [-0.05, 0) is 49.2 Å². The summed E-state index contributed by atoms with van der Waals surface area (Å²) in [6.45, 7) is -1.11. The molecule has 1 amide bonds. The molecule has 4 aromatic rings. The highest BCUT2D eigenvalue weighted by atomic mass is 19.1. The second-order valence-electron chi connectivity index (χ2n) is 8.02. The number of nitrogens with zero attached hydrogens (tertiary/aromatic N) is 4. The maximum Gasteiger partial charge on any atom is 0.437 e. The molecule has 178 valence electrons. The maximum absolute atomic E-state index is 13.1. The molecule has 10 nitrogen and oxygen atoms in total. The fourth-order valence-electron chi connectivity index (χ4n) is 3.44. The standard InChI is InChI=1S/C24H20FN5O5/c25-17-10-8-16(9-11-17)23-28-29(24(33)35-23)13-22(32)34-14-21(31)26-20-12-19(15-6-7-15)27-30(20)18-4-2-1-3-5-18/h1-5,8-12,15H,6-7,13-14H2,(H,26,31). The van der Waals surface area contributed by atoms with E-state index in [1.165, 1.54) is 24.3 Å². The van der Waals surface area contributed by atoms with Crippen molar-refractivity contribution in [1.29, 1.82) is 0 Å². The van der Waals surface area contributed by atoms with E-state index in [1.54, 1.807) is 4.68 Å². The van der Waals surface area contributed by atoms with Crippen molar-refractivity contribution in [3.05, 3.63) is 82.7 Å². The van der Waals surface area contributed by atoms with E-state index in [0.29, 0.717) is 17.3 Å². The van der Waals surface area contributed by atoms with E-state index >= 15 is 0 Å². The zero-order valence-electron chi connectivity index (χ0n) is 18.4. The molecule has 5 rings (SSSR count). The van der Waals surface area contributed by atoms with Crippen LogP contribution in [-0.2, 0) is 20.9 Å². The third-order valence-corrected chi connectivity index (χ3v) is 5.33. The van der Waals surface area contributed by atoms with Gasteiger partial charge in [-0.2, -0.15) is 9.78 Å². The lowest BCUT2D eigenvalue weighted by Gasteiger charge is -2.09. The second kappa shape index (κ2) is 9.37. The van der Waals surface area contributed by atoms with Crippen molar-refractivity contribution in [3.63, 3.8) is 0 Å². The highest BCUT2D eigenvalue weighted by Crippen LogP contribution is 2.40. The number of amides is 1. The average Bonchev–Trinajstić information content (AvgIpc) is 3.53. The predicted octanol–water partition coefficient (Wildman–Crippen LogP) is 2.89. The molecule has 1 aliphatic carbocycles. The van der Waals surface area contributed by atoms with Crippen LogP contribution in [0.1, 0.15) is 24.5 Å². The fraction of sp³-hybridized carbons (Fsp3) is 0.208. The van der Waals surface area contributed by atoms with Gasteiger partial charge in [0.2, 0.25) is 5.89 Å². The lowest BCUT2D eigenvalue weighted by atomic mass is 10.2. The summed E-state index contributed by atoms with van der Waals surface area (Å²) in [7, 11) is 0. The molecule has 0 spiro atoms. The molecule has 1 saturated carbocycles. The van der Waals surface area contributed by atoms with Crippen LogP contribution in [0.5, 0.6) is 0 Å². The number of esters is 1. The quantitative estimate of drug-likeness (QED) is 0.387. The van der Waals surface area contributed by atoms with Gasteiger partial charge in [-0.25, -0.2) is 13.9 Å². The van der Waals surface area contributed by atoms with E-state index in [9.17, 15) is 18.8 Å². The van der Waals surface area contributed by atoms with Crippen molar-refractivity contribution in [2.24, 2.45) is 0 Å². The summed E-state index contributed by atoms with van der Waals surface area (Å²) in [5.74, 6) is -1.96. The number of benzene rings is 2. The SMILES string of the molecule is O=C(COC(=O)Cn1nc(-c2ccc(F)cc2)oc1=O)Nc1cc(C2CC2)nn1-c1ccccc1. The highest BCUT2D eigenvalue weighted by molar-refractivity contribution is 5.92. The molecule has 1 N–H and O–H groups in total. The summed E-state index contributed by atoms with van der Waals surface area (Å²) in [5, 5.41) is 11.2. The minimum atomic E-state index is -0.884. The number of rotatable bonds is 8. The first kappa shape index (κ1) is 22.3. The summed E-state index contributed by atoms with van der Waals surface area (Å²) in [6.07, 6.45) is 2.11. The molecule has 0 unspecified atom stereocenters. The van der Waals surface area contributed by atoms with Crippen LogP contribution in [0.25, 0.3) is 17.1 Å². The minimum Gasteiger partial charge on any atom is -0.454 e. The first-order valence-corrected chi connectivity index (χ1v) is 10.9. The molecule has 35 heavy (non-hydrogen) atoms. The number of carbonyl (C=O) groups is 2. The van der Waals surface area contributed by atoms with Gasteiger partial charge in [-0.15, -0.1) is 5.10 Å². The molecular weight excluding hydrogens is 457 g/mol. The topological polar surface area (TPSA) is 121 Å². The van der Waals surface area contributed by atoms with Crippen LogP contribution in [0.4, 0.5) is 10.2 Å². The molecule has 2 aromatic heterocycles. The van der Waals surface area contributed by atoms with E-state index in [-0.39, 0.29) is 5.89 Å². The van der Waals surface area contributed by atoms with Crippen molar-refractivity contribution >= 4 is 17.7 Å². The van der Waals surface area contributed by atoms with Crippen LogP contribution in [0.2, 0.25) is 0 Å². The minimum absolute atomic E-state index is 0.0683. The Bertz CT molecular complexity index is 1420. The van der Waals surface area contributed by atoms with Crippen molar-refractivity contribution in [3.8, 4) is 17.1 Å². The van der Waals surface area contributed by atoms with E-state index < -0.39 is 36.6 Å². The zero-order chi connectivity index (χ0) is 24.4. The van der Waals surface area contributed by atoms with Crippen molar-refractivity contribution in [2.45, 2.75) is 25.3 Å². The van der Waals surface area contributed by atoms with Crippen LogP contribution >= 0.6 is 0 Å². The summed E-state index contributed by atoms with van der Waals surface area (Å²) < 4.78 is 25.5. The number of aromatic nitrogens is 4. The van der Waals surface area contributed by atoms with Gasteiger partial charge in [0.05, 0.1) is 11.4 Å². The molecule has 2 heterocycles. The smallest absolute Gasteiger partial charge is 0.437 e. The number of para-hydroxylation sites is 1. The molecule has 1 fully saturated rings. The predicted molar refractivity (Wildman–Crippen MR) is 121 cm³/mol. The summed E-state index contributed by atoms with van der Waals surface area (Å²) in [6, 6.07) is 16.3. The molecule has 0 radical (unpaired) electrons. The molecule has 1 aliphatic rings. The van der Waals surface area contributed by atoms with E-state index in [4.69, 9.17) is 9.15 Å².